The summed E-state index contributed by atoms with van der Waals surface area (Å²) in [5.74, 6) is 0.430. The number of allylic oxidation sites excluding steroid dienone is 2. The molecule has 0 spiro atoms. The number of carbonyl (C=O) groups excluding carboxylic acids is 3. The van der Waals surface area contributed by atoms with Crippen molar-refractivity contribution in [3.63, 3.8) is 0 Å². The average Bonchev–Trinajstić information content (AvgIpc) is 3.41. The van der Waals surface area contributed by atoms with Crippen molar-refractivity contribution in [2.24, 2.45) is 11.8 Å². The normalized spacial score (nSPS) is 18.7. The van der Waals surface area contributed by atoms with Gasteiger partial charge in [0.05, 0.1) is 17.9 Å². The molecule has 2 heterocycles. The monoisotopic (exact) mass is 569 g/mol. The summed E-state index contributed by atoms with van der Waals surface area (Å²) in [6, 6.07) is -0.188. The number of hydroxylamine groups is 1. The molecule has 2 fully saturated rings. The number of nitrogens with zero attached hydrogens (tertiary/aromatic N) is 3. The third-order valence-electron chi connectivity index (χ3n) is 6.37. The zero-order chi connectivity index (χ0) is 28.3. The number of anilines is 1. The number of urea groups is 1. The predicted octanol–water partition coefficient (Wildman–Crippen LogP) is 4.51. The average molecular weight is 570 g/mol. The van der Waals surface area contributed by atoms with Crippen LogP contribution in [0.3, 0.4) is 0 Å². The molecule has 0 radical (unpaired) electrons. The molecule has 2 aliphatic rings. The molecule has 1 aromatic heterocycles. The maximum Gasteiger partial charge on any atom is 0.323 e. The molecular weight excluding hydrogens is 530 g/mol. The molecule has 0 aromatic carbocycles. The number of rotatable bonds is 7. The predicted molar refractivity (Wildman–Crippen MR) is 149 cm³/mol. The van der Waals surface area contributed by atoms with E-state index in [9.17, 15) is 14.4 Å². The lowest BCUT2D eigenvalue weighted by Crippen LogP contribution is -2.35. The smallest absolute Gasteiger partial charge is 0.323 e. The van der Waals surface area contributed by atoms with Gasteiger partial charge in [-0.15, -0.1) is 10.2 Å². The number of carbonyl (C=O) groups is 3. The van der Waals surface area contributed by atoms with Crippen LogP contribution in [0.5, 0.6) is 0 Å². The van der Waals surface area contributed by atoms with Crippen LogP contribution in [-0.4, -0.2) is 61.7 Å². The second-order valence-corrected chi connectivity index (χ2v) is 11.4. The molecule has 10 nitrogen and oxygen atoms in total. The topological polar surface area (TPSA) is 123 Å². The van der Waals surface area contributed by atoms with Crippen LogP contribution in [0.1, 0.15) is 64.8 Å². The Hall–Kier alpha value is -2.34. The highest BCUT2D eigenvalue weighted by Crippen LogP contribution is 2.35. The first-order valence-corrected chi connectivity index (χ1v) is 14.1. The van der Waals surface area contributed by atoms with Crippen molar-refractivity contribution >= 4 is 45.7 Å². The quantitative estimate of drug-likeness (QED) is 0.213. The molecule has 38 heavy (non-hydrogen) atoms. The van der Waals surface area contributed by atoms with Crippen LogP contribution < -0.4 is 15.7 Å². The Morgan fingerprint density at radius 3 is 2.32 bits per heavy atom. The number of ketones is 2. The first-order valence-electron chi connectivity index (χ1n) is 12.8. The fourth-order valence-electron chi connectivity index (χ4n) is 4.19. The van der Waals surface area contributed by atoms with E-state index in [4.69, 9.17) is 21.2 Å². The van der Waals surface area contributed by atoms with E-state index < -0.39 is 0 Å². The first kappa shape index (κ1) is 31.9. The zero-order valence-electron chi connectivity index (χ0n) is 23.1. The van der Waals surface area contributed by atoms with Crippen LogP contribution in [0.25, 0.3) is 0 Å². The summed E-state index contributed by atoms with van der Waals surface area (Å²) in [6.45, 7) is 9.83. The van der Waals surface area contributed by atoms with Crippen LogP contribution in [0.4, 0.5) is 9.93 Å². The number of hydrogen-bond donors (Lipinski definition) is 2. The lowest BCUT2D eigenvalue weighted by Gasteiger charge is -2.32. The van der Waals surface area contributed by atoms with Gasteiger partial charge in [0.1, 0.15) is 5.01 Å². The van der Waals surface area contributed by atoms with E-state index in [0.717, 1.165) is 31.1 Å². The van der Waals surface area contributed by atoms with Crippen molar-refractivity contribution < 1.29 is 24.0 Å². The minimum atomic E-state index is -0.188. The van der Waals surface area contributed by atoms with E-state index >= 15 is 0 Å². The van der Waals surface area contributed by atoms with Crippen LogP contribution in [0.2, 0.25) is 0 Å². The molecule has 1 saturated carbocycles. The highest BCUT2D eigenvalue weighted by atomic mass is 35.5. The Kier molecular flexibility index (Phi) is 12.8. The summed E-state index contributed by atoms with van der Waals surface area (Å²) in [5.41, 5.74) is 4.91. The van der Waals surface area contributed by atoms with Crippen molar-refractivity contribution in [2.75, 3.05) is 38.8 Å². The van der Waals surface area contributed by atoms with Gasteiger partial charge in [-0.3, -0.25) is 24.8 Å². The Morgan fingerprint density at radius 1 is 1.18 bits per heavy atom. The summed E-state index contributed by atoms with van der Waals surface area (Å²) >= 11 is 6.85. The van der Waals surface area contributed by atoms with Gasteiger partial charge in [-0.05, 0) is 37.2 Å². The van der Waals surface area contributed by atoms with Crippen molar-refractivity contribution in [3.05, 3.63) is 27.9 Å². The molecule has 1 aliphatic heterocycles. The molecule has 12 heteroatoms. The van der Waals surface area contributed by atoms with E-state index in [1.165, 1.54) is 21.8 Å². The van der Waals surface area contributed by atoms with Crippen LogP contribution in [0, 0.1) is 11.8 Å². The number of ether oxygens (including phenoxy) is 1. The molecule has 3 rings (SSSR count). The van der Waals surface area contributed by atoms with E-state index in [2.05, 4.69) is 41.8 Å². The molecule has 1 aromatic rings. The maximum absolute atomic E-state index is 12.5. The second kappa shape index (κ2) is 15.3. The SMILES string of the molecule is CCC(NOCC=CCl)=C1C(=O)CC(C2CCOCC2)CC1=O.CNC(=O)N(C)c1nnc(C(C)(C)C)s1. The standard InChI is InChI=1S/C17H24ClNO4.C9H16N4OS/c1-2-14(19-23-7-3-6-18)17-15(20)10-13(11-16(17)21)12-4-8-22-9-5-12;1-9(2,3)6-11-12-8(15-6)13(5)7(14)10-4/h3,6,12-13,19H,2,4-5,7-11H2,1H3;1-5H3,(H,10,14). The second-order valence-electron chi connectivity index (χ2n) is 10.2. The van der Waals surface area contributed by atoms with Gasteiger partial charge in [0.15, 0.2) is 11.6 Å². The highest BCUT2D eigenvalue weighted by Gasteiger charge is 2.37. The molecule has 0 atom stereocenters. The van der Waals surface area contributed by atoms with E-state index in [0.29, 0.717) is 36.0 Å². The van der Waals surface area contributed by atoms with E-state index in [1.54, 1.807) is 20.2 Å². The van der Waals surface area contributed by atoms with Gasteiger partial charge in [0, 0.05) is 51.1 Å². The van der Waals surface area contributed by atoms with Crippen molar-refractivity contribution in [1.29, 1.82) is 0 Å². The molecule has 2 N–H and O–H groups in total. The Balaban J connectivity index is 0.000000293. The summed E-state index contributed by atoms with van der Waals surface area (Å²) in [4.78, 5) is 43.0. The van der Waals surface area contributed by atoms with Crippen LogP contribution >= 0.6 is 22.9 Å². The number of Topliss-reactive ketones (excluding diaryl/α,β-unsaturated/α-hetero) is 2. The van der Waals surface area contributed by atoms with Crippen LogP contribution in [0.15, 0.2) is 22.9 Å². The number of halogens is 1. The number of aromatic nitrogens is 2. The Bertz CT molecular complexity index is 994. The molecule has 1 saturated heterocycles. The molecule has 1 aliphatic carbocycles. The Labute approximate surface area is 234 Å². The van der Waals surface area contributed by atoms with Crippen molar-refractivity contribution in [1.82, 2.24) is 21.0 Å². The van der Waals surface area contributed by atoms with Gasteiger partial charge in [-0.2, -0.15) is 0 Å². The lowest BCUT2D eigenvalue weighted by molar-refractivity contribution is -0.127. The van der Waals surface area contributed by atoms with Gasteiger partial charge in [-0.25, -0.2) is 4.79 Å². The Morgan fingerprint density at radius 2 is 1.82 bits per heavy atom. The van der Waals surface area contributed by atoms with Gasteiger partial charge in [-0.1, -0.05) is 50.6 Å². The number of amides is 2. The minimum absolute atomic E-state index is 0.0283. The van der Waals surface area contributed by atoms with E-state index in [-0.39, 0.29) is 41.1 Å². The van der Waals surface area contributed by atoms with Gasteiger partial charge < -0.3 is 10.1 Å². The zero-order valence-corrected chi connectivity index (χ0v) is 24.7. The third-order valence-corrected chi connectivity index (χ3v) is 7.97. The summed E-state index contributed by atoms with van der Waals surface area (Å²) < 4.78 is 5.36. The fourth-order valence-corrected chi connectivity index (χ4v) is 5.12. The largest absolute Gasteiger partial charge is 0.381 e. The minimum Gasteiger partial charge on any atom is -0.381 e. The van der Waals surface area contributed by atoms with E-state index in [1.807, 2.05) is 6.92 Å². The summed E-state index contributed by atoms with van der Waals surface area (Å²) in [6.07, 6.45) is 4.93. The van der Waals surface area contributed by atoms with Crippen molar-refractivity contribution in [2.45, 2.75) is 65.2 Å². The van der Waals surface area contributed by atoms with Crippen molar-refractivity contribution in [3.8, 4) is 0 Å². The molecule has 2 amide bonds. The lowest BCUT2D eigenvalue weighted by atomic mass is 9.73. The molecule has 212 valence electrons. The third kappa shape index (κ3) is 9.14. The first-order chi connectivity index (χ1) is 18.0. The number of hydrogen-bond acceptors (Lipinski definition) is 9. The number of nitrogens with one attached hydrogen (secondary N) is 2. The fraction of sp³-hybridized carbons (Fsp3) is 0.654. The van der Waals surface area contributed by atoms with Crippen LogP contribution in [-0.2, 0) is 24.6 Å². The molecule has 0 bridgehead atoms. The highest BCUT2D eigenvalue weighted by molar-refractivity contribution is 7.15. The van der Waals surface area contributed by atoms with Gasteiger partial charge in [0.25, 0.3) is 0 Å². The summed E-state index contributed by atoms with van der Waals surface area (Å²) in [7, 11) is 3.26. The van der Waals surface area contributed by atoms with Gasteiger partial charge >= 0.3 is 6.03 Å². The van der Waals surface area contributed by atoms with Gasteiger partial charge in [0.2, 0.25) is 5.13 Å². The molecular formula is C26H40ClN5O5S. The summed E-state index contributed by atoms with van der Waals surface area (Å²) in [5, 5.41) is 12.1. The maximum atomic E-state index is 12.5. The molecule has 0 unspecified atom stereocenters.